The first-order valence-electron chi connectivity index (χ1n) is 7.51. The van der Waals surface area contributed by atoms with Gasteiger partial charge in [0.2, 0.25) is 0 Å². The SMILES string of the molecule is COc1ccc(CC(CC2CCCCC2)NN)cc1F. The summed E-state index contributed by atoms with van der Waals surface area (Å²) in [6.45, 7) is 0. The number of benzene rings is 1. The Balaban J connectivity index is 1.93. The molecular weight excluding hydrogens is 255 g/mol. The van der Waals surface area contributed by atoms with Crippen LogP contribution in [0.15, 0.2) is 18.2 Å². The van der Waals surface area contributed by atoms with Crippen LogP contribution in [0.3, 0.4) is 0 Å². The lowest BCUT2D eigenvalue weighted by Crippen LogP contribution is -2.38. The van der Waals surface area contributed by atoms with Gasteiger partial charge in [-0.25, -0.2) is 4.39 Å². The molecule has 1 saturated carbocycles. The minimum absolute atomic E-state index is 0.214. The molecule has 1 fully saturated rings. The minimum atomic E-state index is -0.307. The number of rotatable bonds is 6. The largest absolute Gasteiger partial charge is 0.494 e. The van der Waals surface area contributed by atoms with Crippen LogP contribution in [0.4, 0.5) is 4.39 Å². The Morgan fingerprint density at radius 2 is 2.10 bits per heavy atom. The fourth-order valence-electron chi connectivity index (χ4n) is 3.16. The molecule has 2 rings (SSSR count). The normalized spacial score (nSPS) is 17.9. The van der Waals surface area contributed by atoms with Crippen LogP contribution in [0.2, 0.25) is 0 Å². The third-order valence-electron chi connectivity index (χ3n) is 4.28. The number of hydrogen-bond donors (Lipinski definition) is 2. The fourth-order valence-corrected chi connectivity index (χ4v) is 3.16. The molecule has 0 radical (unpaired) electrons. The lowest BCUT2D eigenvalue weighted by Gasteiger charge is -2.26. The van der Waals surface area contributed by atoms with Crippen molar-refractivity contribution < 1.29 is 9.13 Å². The van der Waals surface area contributed by atoms with Crippen molar-refractivity contribution in [2.45, 2.75) is 51.0 Å². The molecule has 4 heteroatoms. The monoisotopic (exact) mass is 280 g/mol. The first kappa shape index (κ1) is 15.3. The standard InChI is InChI=1S/C16H25FN2O/c1-20-16-8-7-13(11-15(16)17)10-14(19-18)9-12-5-3-2-4-6-12/h7-8,11-12,14,19H,2-6,9-10,18H2,1H3. The zero-order valence-electron chi connectivity index (χ0n) is 12.2. The van der Waals surface area contributed by atoms with Crippen LogP contribution in [-0.2, 0) is 6.42 Å². The topological polar surface area (TPSA) is 47.3 Å². The first-order chi connectivity index (χ1) is 9.72. The van der Waals surface area contributed by atoms with Crippen molar-refractivity contribution in [1.82, 2.24) is 5.43 Å². The quantitative estimate of drug-likeness (QED) is 0.621. The maximum atomic E-state index is 13.7. The van der Waals surface area contributed by atoms with Crippen LogP contribution in [0.25, 0.3) is 0 Å². The van der Waals surface area contributed by atoms with E-state index in [0.29, 0.717) is 5.75 Å². The highest BCUT2D eigenvalue weighted by Crippen LogP contribution is 2.28. The molecule has 0 spiro atoms. The molecule has 1 unspecified atom stereocenters. The lowest BCUT2D eigenvalue weighted by atomic mass is 9.84. The van der Waals surface area contributed by atoms with E-state index in [1.807, 2.05) is 6.07 Å². The highest BCUT2D eigenvalue weighted by molar-refractivity contribution is 5.29. The van der Waals surface area contributed by atoms with E-state index in [9.17, 15) is 4.39 Å². The van der Waals surface area contributed by atoms with Gasteiger partial charge in [-0.3, -0.25) is 11.3 Å². The molecule has 1 aliphatic carbocycles. The van der Waals surface area contributed by atoms with Gasteiger partial charge in [0.05, 0.1) is 7.11 Å². The van der Waals surface area contributed by atoms with E-state index in [4.69, 9.17) is 10.6 Å². The summed E-state index contributed by atoms with van der Waals surface area (Å²) in [7, 11) is 1.48. The molecule has 0 bridgehead atoms. The zero-order chi connectivity index (χ0) is 14.4. The second-order valence-corrected chi connectivity index (χ2v) is 5.78. The fraction of sp³-hybridized carbons (Fsp3) is 0.625. The van der Waals surface area contributed by atoms with Gasteiger partial charge in [0.1, 0.15) is 0 Å². The first-order valence-corrected chi connectivity index (χ1v) is 7.51. The number of nitrogens with one attached hydrogen (secondary N) is 1. The second kappa shape index (κ2) is 7.60. The van der Waals surface area contributed by atoms with Crippen LogP contribution in [0, 0.1) is 11.7 Å². The van der Waals surface area contributed by atoms with E-state index in [-0.39, 0.29) is 11.9 Å². The molecule has 1 atom stereocenters. The molecule has 3 nitrogen and oxygen atoms in total. The Hall–Kier alpha value is -1.13. The third-order valence-corrected chi connectivity index (χ3v) is 4.28. The number of methoxy groups -OCH3 is 1. The van der Waals surface area contributed by atoms with Crippen LogP contribution in [-0.4, -0.2) is 13.2 Å². The Morgan fingerprint density at radius 1 is 1.35 bits per heavy atom. The van der Waals surface area contributed by atoms with Crippen LogP contribution in [0.1, 0.15) is 44.1 Å². The summed E-state index contributed by atoms with van der Waals surface area (Å²) >= 11 is 0. The lowest BCUT2D eigenvalue weighted by molar-refractivity contribution is 0.297. The summed E-state index contributed by atoms with van der Waals surface area (Å²) in [5.41, 5.74) is 3.85. The van der Waals surface area contributed by atoms with Crippen molar-refractivity contribution in [3.8, 4) is 5.75 Å². The van der Waals surface area contributed by atoms with E-state index in [2.05, 4.69) is 5.43 Å². The van der Waals surface area contributed by atoms with Crippen molar-refractivity contribution in [2.24, 2.45) is 11.8 Å². The van der Waals surface area contributed by atoms with Crippen molar-refractivity contribution >= 4 is 0 Å². The van der Waals surface area contributed by atoms with Crippen LogP contribution in [0.5, 0.6) is 5.75 Å². The summed E-state index contributed by atoms with van der Waals surface area (Å²) in [5, 5.41) is 0. The van der Waals surface area contributed by atoms with E-state index in [1.54, 1.807) is 12.1 Å². The summed E-state index contributed by atoms with van der Waals surface area (Å²) in [5.74, 6) is 6.40. The van der Waals surface area contributed by atoms with E-state index in [1.165, 1.54) is 39.2 Å². The molecular formula is C16H25FN2O. The number of ether oxygens (including phenoxy) is 1. The molecule has 112 valence electrons. The maximum absolute atomic E-state index is 13.7. The van der Waals surface area contributed by atoms with Gasteiger partial charge < -0.3 is 4.74 Å². The van der Waals surface area contributed by atoms with Crippen molar-refractivity contribution in [2.75, 3.05) is 7.11 Å². The molecule has 20 heavy (non-hydrogen) atoms. The molecule has 0 aliphatic heterocycles. The predicted molar refractivity (Wildman–Crippen MR) is 79.0 cm³/mol. The number of nitrogens with two attached hydrogens (primary N) is 1. The number of hydrazine groups is 1. The maximum Gasteiger partial charge on any atom is 0.165 e. The van der Waals surface area contributed by atoms with Gasteiger partial charge in [0, 0.05) is 6.04 Å². The van der Waals surface area contributed by atoms with Gasteiger partial charge in [-0.2, -0.15) is 0 Å². The van der Waals surface area contributed by atoms with Gasteiger partial charge >= 0.3 is 0 Å². The average Bonchev–Trinajstić information content (AvgIpc) is 2.48. The molecule has 1 aliphatic rings. The summed E-state index contributed by atoms with van der Waals surface area (Å²) in [6, 6.07) is 5.35. The van der Waals surface area contributed by atoms with E-state index >= 15 is 0 Å². The smallest absolute Gasteiger partial charge is 0.165 e. The highest BCUT2D eigenvalue weighted by atomic mass is 19.1. The Bertz CT molecular complexity index is 419. The van der Waals surface area contributed by atoms with Crippen LogP contribution >= 0.6 is 0 Å². The average molecular weight is 280 g/mol. The molecule has 1 aromatic carbocycles. The van der Waals surface area contributed by atoms with Crippen molar-refractivity contribution in [1.29, 1.82) is 0 Å². The second-order valence-electron chi connectivity index (χ2n) is 5.78. The van der Waals surface area contributed by atoms with Crippen molar-refractivity contribution in [3.05, 3.63) is 29.6 Å². The Kier molecular flexibility index (Phi) is 5.80. The summed E-state index contributed by atoms with van der Waals surface area (Å²) in [4.78, 5) is 0. The molecule has 0 saturated heterocycles. The third kappa shape index (κ3) is 4.18. The van der Waals surface area contributed by atoms with E-state index in [0.717, 1.165) is 24.3 Å². The number of halogens is 1. The van der Waals surface area contributed by atoms with Gasteiger partial charge in [0.25, 0.3) is 0 Å². The molecule has 0 aromatic heterocycles. The Labute approximate surface area is 120 Å². The minimum Gasteiger partial charge on any atom is -0.494 e. The van der Waals surface area contributed by atoms with Gasteiger partial charge in [-0.15, -0.1) is 0 Å². The van der Waals surface area contributed by atoms with Gasteiger partial charge in [-0.05, 0) is 36.5 Å². The summed E-state index contributed by atoms with van der Waals surface area (Å²) < 4.78 is 18.6. The van der Waals surface area contributed by atoms with Crippen LogP contribution < -0.4 is 16.0 Å². The highest BCUT2D eigenvalue weighted by Gasteiger charge is 2.19. The summed E-state index contributed by atoms with van der Waals surface area (Å²) in [6.07, 6.45) is 8.46. The molecule has 0 heterocycles. The molecule has 3 N–H and O–H groups in total. The number of hydrogen-bond acceptors (Lipinski definition) is 3. The van der Waals surface area contributed by atoms with Gasteiger partial charge in [-0.1, -0.05) is 38.2 Å². The van der Waals surface area contributed by atoms with E-state index < -0.39 is 0 Å². The Morgan fingerprint density at radius 3 is 2.70 bits per heavy atom. The van der Waals surface area contributed by atoms with Crippen molar-refractivity contribution in [3.63, 3.8) is 0 Å². The predicted octanol–water partition coefficient (Wildman–Crippen LogP) is 3.18. The molecule has 0 amide bonds. The zero-order valence-corrected chi connectivity index (χ0v) is 12.2. The molecule has 1 aromatic rings. The van der Waals surface area contributed by atoms with Gasteiger partial charge in [0.15, 0.2) is 11.6 Å².